The van der Waals surface area contributed by atoms with Crippen molar-refractivity contribution < 1.29 is 14.3 Å². The molecule has 0 aliphatic carbocycles. The number of benzene rings is 1. The summed E-state index contributed by atoms with van der Waals surface area (Å²) in [5.74, 6) is -1.18. The highest BCUT2D eigenvalue weighted by molar-refractivity contribution is 9.10. The topological polar surface area (TPSA) is 37.3 Å². The highest BCUT2D eigenvalue weighted by Crippen LogP contribution is 2.26. The molecule has 13 heavy (non-hydrogen) atoms. The third kappa shape index (κ3) is 2.39. The number of halogens is 2. The van der Waals surface area contributed by atoms with Gasteiger partial charge in [-0.2, -0.15) is 0 Å². The minimum atomic E-state index is -0.722. The number of carbonyl (C=O) groups is 1. The van der Waals surface area contributed by atoms with Crippen molar-refractivity contribution in [3.05, 3.63) is 34.1 Å². The van der Waals surface area contributed by atoms with Crippen molar-refractivity contribution in [3.63, 3.8) is 0 Å². The maximum Gasteiger partial charge on any atom is 0.166 e. The third-order valence-electron chi connectivity index (χ3n) is 1.41. The van der Waals surface area contributed by atoms with E-state index in [2.05, 4.69) is 15.9 Å². The van der Waals surface area contributed by atoms with Crippen LogP contribution in [0.15, 0.2) is 22.7 Å². The van der Waals surface area contributed by atoms with Crippen LogP contribution in [0.25, 0.3) is 6.08 Å². The van der Waals surface area contributed by atoms with Crippen molar-refractivity contribution in [2.24, 2.45) is 0 Å². The number of aromatic hydroxyl groups is 1. The lowest BCUT2D eigenvalue weighted by molar-refractivity contribution is -0.104. The molecule has 0 bridgehead atoms. The normalized spacial score (nSPS) is 10.6. The molecule has 4 heteroatoms. The number of carbonyl (C=O) groups excluding carboxylic acids is 1. The van der Waals surface area contributed by atoms with E-state index in [1.165, 1.54) is 18.2 Å². The molecule has 1 rings (SSSR count). The first-order chi connectivity index (χ1) is 6.15. The molecule has 0 heterocycles. The largest absolute Gasteiger partial charge is 0.504 e. The van der Waals surface area contributed by atoms with E-state index in [9.17, 15) is 14.3 Å². The van der Waals surface area contributed by atoms with Gasteiger partial charge in [0.15, 0.2) is 11.6 Å². The summed E-state index contributed by atoms with van der Waals surface area (Å²) in [5.41, 5.74) is 0.263. The summed E-state index contributed by atoms with van der Waals surface area (Å²) in [6, 6.07) is 2.66. The molecule has 0 unspecified atom stereocenters. The fourth-order valence-electron chi connectivity index (χ4n) is 0.856. The van der Waals surface area contributed by atoms with Crippen molar-refractivity contribution in [3.8, 4) is 5.75 Å². The highest BCUT2D eigenvalue weighted by Gasteiger charge is 2.05. The van der Waals surface area contributed by atoms with Crippen LogP contribution in [0.5, 0.6) is 5.75 Å². The van der Waals surface area contributed by atoms with Gasteiger partial charge in [0, 0.05) is 10.0 Å². The number of hydrogen-bond donors (Lipinski definition) is 1. The molecule has 1 aromatic rings. The molecule has 0 aromatic heterocycles. The molecule has 2 nitrogen and oxygen atoms in total. The molecule has 68 valence electrons. The molecule has 0 saturated carbocycles. The molecule has 0 fully saturated rings. The minimum Gasteiger partial charge on any atom is -0.504 e. The Morgan fingerprint density at radius 1 is 1.46 bits per heavy atom. The lowest BCUT2D eigenvalue weighted by Gasteiger charge is -2.00. The third-order valence-corrected chi connectivity index (χ3v) is 1.87. The van der Waals surface area contributed by atoms with Crippen LogP contribution >= 0.6 is 15.9 Å². The standard InChI is InChI=1S/C9H6BrFO2/c10-7-4-6(2-1-3-12)9(13)8(11)5-7/h1-5,13H. The van der Waals surface area contributed by atoms with Crippen LogP contribution in [0.1, 0.15) is 5.56 Å². The lowest BCUT2D eigenvalue weighted by atomic mass is 10.2. The Bertz CT molecular complexity index is 361. The number of hydrogen-bond acceptors (Lipinski definition) is 2. The van der Waals surface area contributed by atoms with Crippen LogP contribution in [-0.4, -0.2) is 11.4 Å². The molecule has 0 amide bonds. The molecular formula is C9H6BrFO2. The molecular weight excluding hydrogens is 239 g/mol. The molecule has 0 spiro atoms. The molecule has 0 aliphatic heterocycles. The van der Waals surface area contributed by atoms with Crippen LogP contribution in [0.4, 0.5) is 4.39 Å². The smallest absolute Gasteiger partial charge is 0.166 e. The van der Waals surface area contributed by atoms with Crippen molar-refractivity contribution >= 4 is 28.3 Å². The van der Waals surface area contributed by atoms with Gasteiger partial charge >= 0.3 is 0 Å². The van der Waals surface area contributed by atoms with Crippen molar-refractivity contribution in [1.82, 2.24) is 0 Å². The van der Waals surface area contributed by atoms with Crippen LogP contribution < -0.4 is 0 Å². The van der Waals surface area contributed by atoms with Crippen molar-refractivity contribution in [1.29, 1.82) is 0 Å². The van der Waals surface area contributed by atoms with Crippen molar-refractivity contribution in [2.45, 2.75) is 0 Å². The maximum absolute atomic E-state index is 12.9. The number of rotatable bonds is 2. The summed E-state index contributed by atoms with van der Waals surface area (Å²) in [5, 5.41) is 9.19. The van der Waals surface area contributed by atoms with Gasteiger partial charge in [0.2, 0.25) is 0 Å². The van der Waals surface area contributed by atoms with Gasteiger partial charge in [0.05, 0.1) is 0 Å². The molecule has 0 saturated heterocycles. The number of aldehydes is 1. The van der Waals surface area contributed by atoms with E-state index in [1.54, 1.807) is 0 Å². The highest BCUT2D eigenvalue weighted by atomic mass is 79.9. The number of allylic oxidation sites excluding steroid dienone is 1. The fraction of sp³-hybridized carbons (Fsp3) is 0. The van der Waals surface area contributed by atoms with E-state index >= 15 is 0 Å². The zero-order valence-corrected chi connectivity index (χ0v) is 8.08. The Balaban J connectivity index is 3.19. The average molecular weight is 245 g/mol. The van der Waals surface area contributed by atoms with Gasteiger partial charge in [-0.15, -0.1) is 0 Å². The van der Waals surface area contributed by atoms with E-state index in [0.29, 0.717) is 10.8 Å². The first kappa shape index (κ1) is 9.92. The minimum absolute atomic E-state index is 0.263. The zero-order valence-electron chi connectivity index (χ0n) is 6.50. The quantitative estimate of drug-likeness (QED) is 0.642. The van der Waals surface area contributed by atoms with Gasteiger partial charge in [-0.3, -0.25) is 4.79 Å². The van der Waals surface area contributed by atoms with E-state index < -0.39 is 11.6 Å². The first-order valence-corrected chi connectivity index (χ1v) is 4.24. The van der Waals surface area contributed by atoms with Crippen LogP contribution in [0, 0.1) is 5.82 Å². The summed E-state index contributed by atoms with van der Waals surface area (Å²) in [6.07, 6.45) is 3.06. The fourth-order valence-corrected chi connectivity index (χ4v) is 1.30. The van der Waals surface area contributed by atoms with Crippen LogP contribution in [-0.2, 0) is 4.79 Å². The molecule has 0 radical (unpaired) electrons. The first-order valence-electron chi connectivity index (χ1n) is 3.45. The van der Waals surface area contributed by atoms with Gasteiger partial charge in [-0.05, 0) is 24.3 Å². The van der Waals surface area contributed by atoms with E-state index in [-0.39, 0.29) is 5.56 Å². The number of phenols is 1. The number of phenolic OH excluding ortho intramolecular Hbond substituents is 1. The zero-order chi connectivity index (χ0) is 9.84. The second kappa shape index (κ2) is 4.18. The van der Waals surface area contributed by atoms with Gasteiger partial charge in [-0.1, -0.05) is 15.9 Å². The monoisotopic (exact) mass is 244 g/mol. The van der Waals surface area contributed by atoms with E-state index in [4.69, 9.17) is 0 Å². The summed E-state index contributed by atoms with van der Waals surface area (Å²) in [4.78, 5) is 9.99. The average Bonchev–Trinajstić information content (AvgIpc) is 2.09. The molecule has 1 N–H and O–H groups in total. The summed E-state index contributed by atoms with van der Waals surface area (Å²) in [6.45, 7) is 0. The van der Waals surface area contributed by atoms with Gasteiger partial charge in [-0.25, -0.2) is 4.39 Å². The van der Waals surface area contributed by atoms with Crippen molar-refractivity contribution in [2.75, 3.05) is 0 Å². The Kier molecular flexibility index (Phi) is 3.19. The molecule has 0 atom stereocenters. The molecule has 1 aromatic carbocycles. The summed E-state index contributed by atoms with van der Waals surface area (Å²) < 4.78 is 13.4. The Morgan fingerprint density at radius 3 is 2.77 bits per heavy atom. The van der Waals surface area contributed by atoms with E-state index in [0.717, 1.165) is 6.07 Å². The molecule has 0 aliphatic rings. The SMILES string of the molecule is O=CC=Cc1cc(Br)cc(F)c1O. The maximum atomic E-state index is 12.9. The van der Waals surface area contributed by atoms with Gasteiger partial charge < -0.3 is 5.11 Å². The predicted octanol–water partition coefficient (Wildman–Crippen LogP) is 2.51. The predicted molar refractivity (Wildman–Crippen MR) is 50.9 cm³/mol. The Morgan fingerprint density at radius 2 is 2.15 bits per heavy atom. The van der Waals surface area contributed by atoms with Gasteiger partial charge in [0.1, 0.15) is 6.29 Å². The van der Waals surface area contributed by atoms with Crippen LogP contribution in [0.3, 0.4) is 0 Å². The summed E-state index contributed by atoms with van der Waals surface area (Å²) in [7, 11) is 0. The van der Waals surface area contributed by atoms with Crippen LogP contribution in [0.2, 0.25) is 0 Å². The van der Waals surface area contributed by atoms with Gasteiger partial charge in [0.25, 0.3) is 0 Å². The Labute approximate surface area is 82.8 Å². The second-order valence-electron chi connectivity index (χ2n) is 2.32. The van der Waals surface area contributed by atoms with E-state index in [1.807, 2.05) is 0 Å². The lowest BCUT2D eigenvalue weighted by Crippen LogP contribution is -1.81. The Hall–Kier alpha value is -1.16. The second-order valence-corrected chi connectivity index (χ2v) is 3.24. The summed E-state index contributed by atoms with van der Waals surface area (Å²) >= 11 is 3.07.